The van der Waals surface area contributed by atoms with Gasteiger partial charge < -0.3 is 14.2 Å². The van der Waals surface area contributed by atoms with Gasteiger partial charge >= 0.3 is 17.9 Å². The van der Waals surface area contributed by atoms with Gasteiger partial charge in [-0.25, -0.2) is 0 Å². The zero-order valence-electron chi connectivity index (χ0n) is 44.8. The fraction of sp³-hybridized carbons (Fsp3) is 0.949. The van der Waals surface area contributed by atoms with Crippen molar-refractivity contribution >= 4 is 17.9 Å². The van der Waals surface area contributed by atoms with E-state index in [1.807, 2.05) is 0 Å². The number of carbonyl (C=O) groups excluding carboxylic acids is 3. The smallest absolute Gasteiger partial charge is 0.306 e. The molecule has 0 aliphatic heterocycles. The van der Waals surface area contributed by atoms with Crippen LogP contribution in [0, 0.1) is 17.8 Å². The van der Waals surface area contributed by atoms with E-state index in [0.29, 0.717) is 19.3 Å². The average Bonchev–Trinajstić information content (AvgIpc) is 3.26. The van der Waals surface area contributed by atoms with Crippen LogP contribution >= 0.6 is 0 Å². The summed E-state index contributed by atoms with van der Waals surface area (Å²) < 4.78 is 16.9. The molecule has 0 aromatic rings. The van der Waals surface area contributed by atoms with Gasteiger partial charge in [-0.2, -0.15) is 0 Å². The zero-order chi connectivity index (χ0) is 47.7. The quantitative estimate of drug-likeness (QED) is 0.0344. The zero-order valence-corrected chi connectivity index (χ0v) is 44.8. The van der Waals surface area contributed by atoms with Gasteiger partial charge in [0.2, 0.25) is 0 Å². The second kappa shape index (κ2) is 50.3. The Hall–Kier alpha value is -1.59. The average molecular weight is 920 g/mol. The van der Waals surface area contributed by atoms with E-state index in [1.54, 1.807) is 0 Å². The van der Waals surface area contributed by atoms with E-state index in [4.69, 9.17) is 14.2 Å². The van der Waals surface area contributed by atoms with E-state index in [0.717, 1.165) is 75.5 Å². The molecule has 0 N–H and O–H groups in total. The van der Waals surface area contributed by atoms with Crippen molar-refractivity contribution in [3.8, 4) is 0 Å². The number of hydrogen-bond acceptors (Lipinski definition) is 6. The summed E-state index contributed by atoms with van der Waals surface area (Å²) in [7, 11) is 0. The first-order valence-corrected chi connectivity index (χ1v) is 29.1. The molecule has 6 nitrogen and oxygen atoms in total. The number of rotatable bonds is 52. The Morgan fingerprint density at radius 2 is 0.446 bits per heavy atom. The molecule has 0 aromatic carbocycles. The molecule has 0 fully saturated rings. The summed E-state index contributed by atoms with van der Waals surface area (Å²) in [5.41, 5.74) is 0. The maximum absolute atomic E-state index is 12.9. The van der Waals surface area contributed by atoms with Crippen molar-refractivity contribution in [2.24, 2.45) is 17.8 Å². The highest BCUT2D eigenvalue weighted by Gasteiger charge is 2.19. The third kappa shape index (κ3) is 53.2. The van der Waals surface area contributed by atoms with Crippen molar-refractivity contribution in [2.45, 2.75) is 330 Å². The molecule has 0 heterocycles. The highest BCUT2D eigenvalue weighted by Crippen LogP contribution is 2.18. The van der Waals surface area contributed by atoms with Crippen LogP contribution in [0.5, 0.6) is 0 Å². The lowest BCUT2D eigenvalue weighted by Crippen LogP contribution is -2.30. The summed E-state index contributed by atoms with van der Waals surface area (Å²) in [6, 6.07) is 0. The molecule has 0 bridgehead atoms. The van der Waals surface area contributed by atoms with Crippen LogP contribution in [-0.4, -0.2) is 37.2 Å². The lowest BCUT2D eigenvalue weighted by Gasteiger charge is -2.18. The maximum atomic E-state index is 12.9. The Morgan fingerprint density at radius 3 is 0.662 bits per heavy atom. The molecule has 65 heavy (non-hydrogen) atoms. The molecule has 0 aliphatic rings. The fourth-order valence-electron chi connectivity index (χ4n) is 9.00. The molecular weight excluding hydrogens is 805 g/mol. The molecule has 0 radical (unpaired) electrons. The molecule has 0 saturated heterocycles. The largest absolute Gasteiger partial charge is 0.462 e. The van der Waals surface area contributed by atoms with E-state index in [9.17, 15) is 14.4 Å². The SMILES string of the molecule is CC(C)CCCCCCCCCCCCCCCC(=O)OC[C@@H](COC(=O)CCCCCCCCCCCCCCC(C)C)OC(=O)CCCCCCCCCCCCCCCC(C)C. The number of esters is 3. The summed E-state index contributed by atoms with van der Waals surface area (Å²) in [6.45, 7) is 13.8. The van der Waals surface area contributed by atoms with Gasteiger partial charge in [0.05, 0.1) is 0 Å². The van der Waals surface area contributed by atoms with Crippen molar-refractivity contribution in [2.75, 3.05) is 13.2 Å². The van der Waals surface area contributed by atoms with E-state index >= 15 is 0 Å². The Labute approximate surface area is 406 Å². The normalized spacial score (nSPS) is 12.1. The van der Waals surface area contributed by atoms with Crippen LogP contribution in [0.3, 0.4) is 0 Å². The molecule has 0 spiro atoms. The van der Waals surface area contributed by atoms with Crippen LogP contribution < -0.4 is 0 Å². The molecule has 386 valence electrons. The number of ether oxygens (including phenoxy) is 3. The first-order valence-electron chi connectivity index (χ1n) is 29.1. The second-order valence-electron chi connectivity index (χ2n) is 21.7. The first-order chi connectivity index (χ1) is 31.6. The Bertz CT molecular complexity index is 1010. The third-order valence-electron chi connectivity index (χ3n) is 13.4. The van der Waals surface area contributed by atoms with Crippen molar-refractivity contribution in [3.05, 3.63) is 0 Å². The molecule has 1 atom stereocenters. The molecule has 0 aliphatic carbocycles. The summed E-state index contributed by atoms with van der Waals surface area (Å²) >= 11 is 0. The topological polar surface area (TPSA) is 78.9 Å². The van der Waals surface area contributed by atoms with Gasteiger partial charge in [-0.1, -0.05) is 286 Å². The molecule has 0 unspecified atom stereocenters. The number of unbranched alkanes of at least 4 members (excludes halogenated alkanes) is 35. The monoisotopic (exact) mass is 919 g/mol. The van der Waals surface area contributed by atoms with Crippen LogP contribution in [0.15, 0.2) is 0 Å². The fourth-order valence-corrected chi connectivity index (χ4v) is 9.00. The Kier molecular flexibility index (Phi) is 49.1. The minimum atomic E-state index is -0.764. The number of hydrogen-bond donors (Lipinski definition) is 0. The number of carbonyl (C=O) groups is 3. The Balaban J connectivity index is 4.31. The molecule has 0 saturated carbocycles. The standard InChI is InChI=1S/C59H114O6/c1-53(2)45-39-33-27-21-15-9-7-11-18-24-30-36-42-48-57(60)63-51-56(52-64-58(61)49-43-37-31-25-19-14-13-17-23-29-35-41-47-55(5)6)65-59(62)50-44-38-32-26-20-12-8-10-16-22-28-34-40-46-54(3)4/h53-56H,7-52H2,1-6H3/t56-/m0/s1. The lowest BCUT2D eigenvalue weighted by molar-refractivity contribution is -0.167. The van der Waals surface area contributed by atoms with Crippen LogP contribution in [0.2, 0.25) is 0 Å². The summed E-state index contributed by atoms with van der Waals surface area (Å²) in [4.78, 5) is 38.2. The predicted octanol–water partition coefficient (Wildman–Crippen LogP) is 19.1. The Morgan fingerprint density at radius 1 is 0.262 bits per heavy atom. The third-order valence-corrected chi connectivity index (χ3v) is 13.4. The molecular formula is C59H114O6. The van der Waals surface area contributed by atoms with E-state index in [1.165, 1.54) is 205 Å². The van der Waals surface area contributed by atoms with Crippen LogP contribution in [0.4, 0.5) is 0 Å². The van der Waals surface area contributed by atoms with Gasteiger partial charge in [0.15, 0.2) is 6.10 Å². The lowest BCUT2D eigenvalue weighted by atomic mass is 10.0. The predicted molar refractivity (Wildman–Crippen MR) is 279 cm³/mol. The van der Waals surface area contributed by atoms with Gasteiger partial charge in [0, 0.05) is 19.3 Å². The highest BCUT2D eigenvalue weighted by atomic mass is 16.6. The van der Waals surface area contributed by atoms with Gasteiger partial charge in [0.1, 0.15) is 13.2 Å². The maximum Gasteiger partial charge on any atom is 0.306 e. The van der Waals surface area contributed by atoms with Crippen molar-refractivity contribution in [1.82, 2.24) is 0 Å². The summed E-state index contributed by atoms with van der Waals surface area (Å²) in [6.07, 6.45) is 52.3. The molecule has 0 amide bonds. The van der Waals surface area contributed by atoms with E-state index < -0.39 is 6.10 Å². The summed E-state index contributed by atoms with van der Waals surface area (Å²) in [5.74, 6) is 1.67. The van der Waals surface area contributed by atoms with Crippen molar-refractivity contribution < 1.29 is 28.6 Å². The van der Waals surface area contributed by atoms with Gasteiger partial charge in [-0.15, -0.1) is 0 Å². The molecule has 0 aromatic heterocycles. The van der Waals surface area contributed by atoms with Gasteiger partial charge in [-0.3, -0.25) is 14.4 Å². The van der Waals surface area contributed by atoms with Crippen molar-refractivity contribution in [3.63, 3.8) is 0 Å². The van der Waals surface area contributed by atoms with Crippen LogP contribution in [0.1, 0.15) is 324 Å². The van der Waals surface area contributed by atoms with Crippen LogP contribution in [0.25, 0.3) is 0 Å². The minimum absolute atomic E-state index is 0.0634. The summed E-state index contributed by atoms with van der Waals surface area (Å²) in [5, 5.41) is 0. The van der Waals surface area contributed by atoms with Crippen LogP contribution in [-0.2, 0) is 28.6 Å². The second-order valence-corrected chi connectivity index (χ2v) is 21.7. The van der Waals surface area contributed by atoms with Gasteiger partial charge in [-0.05, 0) is 37.0 Å². The van der Waals surface area contributed by atoms with E-state index in [2.05, 4.69) is 41.5 Å². The van der Waals surface area contributed by atoms with Crippen molar-refractivity contribution in [1.29, 1.82) is 0 Å². The van der Waals surface area contributed by atoms with Gasteiger partial charge in [0.25, 0.3) is 0 Å². The molecule has 0 rings (SSSR count). The van der Waals surface area contributed by atoms with E-state index in [-0.39, 0.29) is 31.1 Å². The minimum Gasteiger partial charge on any atom is -0.462 e. The highest BCUT2D eigenvalue weighted by molar-refractivity contribution is 5.71. The molecule has 6 heteroatoms. The first kappa shape index (κ1) is 63.4.